The molecule has 0 amide bonds. The normalized spacial score (nSPS) is 9.90. The van der Waals surface area contributed by atoms with E-state index in [9.17, 15) is 4.79 Å². The molecule has 2 aromatic rings. The van der Waals surface area contributed by atoms with E-state index in [1.165, 1.54) is 0 Å². The molecule has 0 N–H and O–H groups in total. The van der Waals surface area contributed by atoms with E-state index in [-0.39, 0.29) is 0 Å². The van der Waals surface area contributed by atoms with Crippen LogP contribution in [0.25, 0.3) is 0 Å². The highest BCUT2D eigenvalue weighted by Crippen LogP contribution is 2.30. The van der Waals surface area contributed by atoms with Gasteiger partial charge in [0.05, 0.1) is 19.8 Å². The highest BCUT2D eigenvalue weighted by molar-refractivity contribution is 5.81. The summed E-state index contributed by atoms with van der Waals surface area (Å²) in [6, 6.07) is 12.8. The molecule has 0 aromatic heterocycles. The summed E-state index contributed by atoms with van der Waals surface area (Å²) in [5, 5.41) is 0. The highest BCUT2D eigenvalue weighted by Gasteiger charge is 2.10. The molecular formula is C16H16O4. The second kappa shape index (κ2) is 6.61. The molecule has 0 saturated heterocycles. The third-order valence-electron chi connectivity index (χ3n) is 2.90. The van der Waals surface area contributed by atoms with Gasteiger partial charge in [0.25, 0.3) is 0 Å². The van der Waals surface area contributed by atoms with Crippen molar-refractivity contribution in [3.63, 3.8) is 0 Å². The van der Waals surface area contributed by atoms with E-state index in [4.69, 9.17) is 14.2 Å². The van der Waals surface area contributed by atoms with Crippen LogP contribution in [0.2, 0.25) is 0 Å². The van der Waals surface area contributed by atoms with Gasteiger partial charge in [-0.25, -0.2) is 0 Å². The first kappa shape index (κ1) is 13.9. The topological polar surface area (TPSA) is 44.8 Å². The van der Waals surface area contributed by atoms with E-state index < -0.39 is 0 Å². The van der Waals surface area contributed by atoms with E-state index in [0.717, 1.165) is 17.6 Å². The zero-order valence-electron chi connectivity index (χ0n) is 11.5. The van der Waals surface area contributed by atoms with Crippen LogP contribution < -0.4 is 14.2 Å². The van der Waals surface area contributed by atoms with Crippen molar-refractivity contribution in [3.8, 4) is 17.2 Å². The number of ether oxygens (including phenoxy) is 3. The molecular weight excluding hydrogens is 256 g/mol. The lowest BCUT2D eigenvalue weighted by molar-refractivity contribution is 0.111. The molecule has 0 atom stereocenters. The van der Waals surface area contributed by atoms with Crippen molar-refractivity contribution >= 4 is 6.29 Å². The fourth-order valence-electron chi connectivity index (χ4n) is 1.82. The molecule has 104 valence electrons. The molecule has 0 fully saturated rings. The van der Waals surface area contributed by atoms with E-state index in [0.29, 0.717) is 23.7 Å². The number of methoxy groups -OCH3 is 2. The quantitative estimate of drug-likeness (QED) is 0.758. The molecule has 2 rings (SSSR count). The zero-order chi connectivity index (χ0) is 14.4. The molecule has 0 unspecified atom stereocenters. The Morgan fingerprint density at radius 3 is 2.35 bits per heavy atom. The predicted octanol–water partition coefficient (Wildman–Crippen LogP) is 3.10. The van der Waals surface area contributed by atoms with E-state index in [1.54, 1.807) is 32.4 Å². The van der Waals surface area contributed by atoms with Crippen molar-refractivity contribution in [2.75, 3.05) is 14.2 Å². The van der Waals surface area contributed by atoms with Gasteiger partial charge < -0.3 is 14.2 Å². The number of para-hydroxylation sites is 1. The first-order valence-electron chi connectivity index (χ1n) is 6.16. The third kappa shape index (κ3) is 3.09. The Balaban J connectivity index is 2.15. The lowest BCUT2D eigenvalue weighted by atomic mass is 10.2. The maximum atomic E-state index is 11.0. The zero-order valence-corrected chi connectivity index (χ0v) is 11.5. The molecule has 0 aliphatic rings. The molecule has 0 heterocycles. The molecule has 0 aliphatic heterocycles. The molecule has 0 radical (unpaired) electrons. The number of aldehydes is 1. The van der Waals surface area contributed by atoms with Crippen LogP contribution in [0, 0.1) is 0 Å². The molecule has 0 aliphatic carbocycles. The molecule has 20 heavy (non-hydrogen) atoms. The fraction of sp³-hybridized carbons (Fsp3) is 0.188. The van der Waals surface area contributed by atoms with E-state index in [1.807, 2.05) is 24.3 Å². The highest BCUT2D eigenvalue weighted by atomic mass is 16.5. The summed E-state index contributed by atoms with van der Waals surface area (Å²) in [6.07, 6.45) is 0.756. The largest absolute Gasteiger partial charge is 0.497 e. The van der Waals surface area contributed by atoms with Crippen molar-refractivity contribution in [2.45, 2.75) is 6.61 Å². The van der Waals surface area contributed by atoms with Crippen LogP contribution in [0.3, 0.4) is 0 Å². The Hall–Kier alpha value is -2.49. The van der Waals surface area contributed by atoms with Crippen molar-refractivity contribution < 1.29 is 19.0 Å². The first-order valence-corrected chi connectivity index (χ1v) is 6.16. The Morgan fingerprint density at radius 1 is 1.00 bits per heavy atom. The Labute approximate surface area is 117 Å². The predicted molar refractivity (Wildman–Crippen MR) is 75.7 cm³/mol. The van der Waals surface area contributed by atoms with Crippen molar-refractivity contribution in [1.29, 1.82) is 0 Å². The lowest BCUT2D eigenvalue weighted by Crippen LogP contribution is -2.00. The van der Waals surface area contributed by atoms with Crippen LogP contribution in [-0.2, 0) is 6.61 Å². The summed E-state index contributed by atoms with van der Waals surface area (Å²) in [7, 11) is 3.17. The third-order valence-corrected chi connectivity index (χ3v) is 2.90. The Kier molecular flexibility index (Phi) is 4.60. The number of benzene rings is 2. The van der Waals surface area contributed by atoms with Gasteiger partial charge >= 0.3 is 0 Å². The lowest BCUT2D eigenvalue weighted by Gasteiger charge is -2.12. The van der Waals surface area contributed by atoms with Gasteiger partial charge in [-0.1, -0.05) is 18.2 Å². The maximum absolute atomic E-state index is 11.0. The molecule has 4 nitrogen and oxygen atoms in total. The number of carbonyl (C=O) groups is 1. The smallest absolute Gasteiger partial charge is 0.172 e. The number of hydrogen-bond donors (Lipinski definition) is 0. The molecule has 0 saturated carbocycles. The summed E-state index contributed by atoms with van der Waals surface area (Å²) in [6.45, 7) is 0.352. The summed E-state index contributed by atoms with van der Waals surface area (Å²) < 4.78 is 16.0. The standard InChI is InChI=1S/C16H16O4/c1-18-14-8-6-12(7-9-14)11-20-16-13(10-17)4-3-5-15(16)19-2/h3-10H,11H2,1-2H3. The Morgan fingerprint density at radius 2 is 1.75 bits per heavy atom. The molecule has 0 spiro atoms. The van der Waals surface area contributed by atoms with Gasteiger partial charge in [0.1, 0.15) is 12.4 Å². The molecule has 4 heteroatoms. The number of hydrogen-bond acceptors (Lipinski definition) is 4. The van der Waals surface area contributed by atoms with Crippen LogP contribution in [-0.4, -0.2) is 20.5 Å². The summed E-state index contributed by atoms with van der Waals surface area (Å²) in [4.78, 5) is 11.0. The monoisotopic (exact) mass is 272 g/mol. The molecule has 0 bridgehead atoms. The summed E-state index contributed by atoms with van der Waals surface area (Å²) in [5.74, 6) is 1.79. The second-order valence-corrected chi connectivity index (χ2v) is 4.13. The van der Waals surface area contributed by atoms with Gasteiger partial charge in [0, 0.05) is 0 Å². The van der Waals surface area contributed by atoms with Gasteiger partial charge in [-0.05, 0) is 29.8 Å². The maximum Gasteiger partial charge on any atom is 0.172 e. The minimum absolute atomic E-state index is 0.352. The SMILES string of the molecule is COc1ccc(COc2c(C=O)cccc2OC)cc1. The molecule has 2 aromatic carbocycles. The minimum Gasteiger partial charge on any atom is -0.497 e. The van der Waals surface area contributed by atoms with E-state index >= 15 is 0 Å². The van der Waals surface area contributed by atoms with Crippen LogP contribution in [0.4, 0.5) is 0 Å². The van der Waals surface area contributed by atoms with Gasteiger partial charge in [-0.3, -0.25) is 4.79 Å². The summed E-state index contributed by atoms with van der Waals surface area (Å²) in [5.41, 5.74) is 1.45. The first-order chi connectivity index (χ1) is 9.78. The van der Waals surface area contributed by atoms with Crippen molar-refractivity contribution in [2.24, 2.45) is 0 Å². The van der Waals surface area contributed by atoms with Crippen LogP contribution in [0.5, 0.6) is 17.2 Å². The fourth-order valence-corrected chi connectivity index (χ4v) is 1.82. The average molecular weight is 272 g/mol. The second-order valence-electron chi connectivity index (χ2n) is 4.13. The van der Waals surface area contributed by atoms with Gasteiger partial charge in [-0.15, -0.1) is 0 Å². The average Bonchev–Trinajstić information content (AvgIpc) is 2.52. The van der Waals surface area contributed by atoms with Crippen LogP contribution in [0.15, 0.2) is 42.5 Å². The van der Waals surface area contributed by atoms with Crippen molar-refractivity contribution in [3.05, 3.63) is 53.6 Å². The number of carbonyl (C=O) groups excluding carboxylic acids is 1. The Bertz CT molecular complexity index is 576. The van der Waals surface area contributed by atoms with Gasteiger partial charge in [0.15, 0.2) is 17.8 Å². The van der Waals surface area contributed by atoms with Crippen LogP contribution >= 0.6 is 0 Å². The van der Waals surface area contributed by atoms with E-state index in [2.05, 4.69) is 0 Å². The van der Waals surface area contributed by atoms with Gasteiger partial charge in [-0.2, -0.15) is 0 Å². The van der Waals surface area contributed by atoms with Crippen molar-refractivity contribution in [1.82, 2.24) is 0 Å². The van der Waals surface area contributed by atoms with Gasteiger partial charge in [0.2, 0.25) is 0 Å². The minimum atomic E-state index is 0.352. The van der Waals surface area contributed by atoms with Crippen LogP contribution in [0.1, 0.15) is 15.9 Å². The summed E-state index contributed by atoms with van der Waals surface area (Å²) >= 11 is 0. The number of rotatable bonds is 6.